The molecule has 0 aromatic carbocycles. The second kappa shape index (κ2) is 15.9. The largest absolute Gasteiger partial charge is 0.481 e. The van der Waals surface area contributed by atoms with Crippen LogP contribution in [0, 0.1) is 11.8 Å². The minimum Gasteiger partial charge on any atom is -0.481 e. The van der Waals surface area contributed by atoms with Crippen molar-refractivity contribution in [1.29, 1.82) is 0 Å². The van der Waals surface area contributed by atoms with E-state index >= 15 is 0 Å². The molecule has 0 aromatic rings. The van der Waals surface area contributed by atoms with Gasteiger partial charge in [0.2, 0.25) is 0 Å². The van der Waals surface area contributed by atoms with Crippen LogP contribution in [0.2, 0.25) is 0 Å². The van der Waals surface area contributed by atoms with Crippen molar-refractivity contribution in [3.63, 3.8) is 0 Å². The Hall–Kier alpha value is -2.28. The summed E-state index contributed by atoms with van der Waals surface area (Å²) in [7, 11) is 1.41. The fourth-order valence-corrected chi connectivity index (χ4v) is 2.61. The van der Waals surface area contributed by atoms with E-state index in [0.29, 0.717) is 18.4 Å². The number of methoxy groups -OCH3 is 1. The van der Waals surface area contributed by atoms with Crippen LogP contribution in [0.5, 0.6) is 0 Å². The van der Waals surface area contributed by atoms with Crippen molar-refractivity contribution in [2.75, 3.05) is 7.11 Å². The highest BCUT2D eigenvalue weighted by Gasteiger charge is 2.08. The smallest absolute Gasteiger partial charge is 0.333 e. The fraction of sp³-hybridized carbons (Fsp3) is 0.565. The van der Waals surface area contributed by atoms with Crippen LogP contribution in [0.25, 0.3) is 0 Å². The zero-order valence-corrected chi connectivity index (χ0v) is 17.3. The lowest BCUT2D eigenvalue weighted by Gasteiger charge is -2.06. The van der Waals surface area contributed by atoms with Crippen LogP contribution >= 0.6 is 0 Å². The lowest BCUT2D eigenvalue weighted by atomic mass is 10.0. The molecule has 4 nitrogen and oxygen atoms in total. The number of esters is 1. The molecule has 0 aliphatic heterocycles. The van der Waals surface area contributed by atoms with Crippen molar-refractivity contribution in [2.45, 2.75) is 78.6 Å². The van der Waals surface area contributed by atoms with Crippen LogP contribution in [0.15, 0.2) is 34.9 Å². The lowest BCUT2D eigenvalue weighted by molar-refractivity contribution is -0.137. The molecular weight excluding hydrogens is 340 g/mol. The summed E-state index contributed by atoms with van der Waals surface area (Å²) in [6.45, 7) is 5.96. The molecule has 0 amide bonds. The monoisotopic (exact) mass is 374 g/mol. The standard InChI is InChI=1S/C23H34O4/c1-5-6-7-8-12-19(2)13-9-16-21(23(26)27-4)17-10-14-20(3)15-11-18-22(24)25/h12,14,16H,7-11,13,15,17-18H2,1-4H3,(H,24,25)/b19-12+,20-14+,21-16+. The highest BCUT2D eigenvalue weighted by atomic mass is 16.5. The van der Waals surface area contributed by atoms with Crippen LogP contribution in [0.4, 0.5) is 0 Å². The molecule has 0 bridgehead atoms. The van der Waals surface area contributed by atoms with Crippen molar-refractivity contribution < 1.29 is 19.4 Å². The van der Waals surface area contributed by atoms with Gasteiger partial charge >= 0.3 is 11.9 Å². The number of hydrogen-bond acceptors (Lipinski definition) is 3. The van der Waals surface area contributed by atoms with E-state index in [0.717, 1.165) is 44.1 Å². The topological polar surface area (TPSA) is 63.6 Å². The van der Waals surface area contributed by atoms with Crippen molar-refractivity contribution in [3.05, 3.63) is 34.9 Å². The fourth-order valence-electron chi connectivity index (χ4n) is 2.61. The molecule has 0 atom stereocenters. The van der Waals surface area contributed by atoms with E-state index in [9.17, 15) is 9.59 Å². The maximum absolute atomic E-state index is 11.9. The maximum atomic E-state index is 11.9. The van der Waals surface area contributed by atoms with E-state index in [2.05, 4.69) is 30.9 Å². The van der Waals surface area contributed by atoms with E-state index in [1.54, 1.807) is 0 Å². The number of carboxylic acid groups (broad SMARTS) is 1. The zero-order valence-electron chi connectivity index (χ0n) is 17.3. The van der Waals surface area contributed by atoms with Gasteiger partial charge < -0.3 is 9.84 Å². The molecule has 27 heavy (non-hydrogen) atoms. The highest BCUT2D eigenvalue weighted by Crippen LogP contribution is 2.15. The first-order chi connectivity index (χ1) is 12.9. The molecule has 0 saturated carbocycles. The third kappa shape index (κ3) is 14.6. The number of aliphatic carboxylic acids is 1. The number of hydrogen-bond donors (Lipinski definition) is 1. The van der Waals surface area contributed by atoms with Gasteiger partial charge in [-0.25, -0.2) is 4.79 Å². The van der Waals surface area contributed by atoms with Gasteiger partial charge in [-0.1, -0.05) is 29.4 Å². The van der Waals surface area contributed by atoms with Gasteiger partial charge in [0.25, 0.3) is 0 Å². The number of rotatable bonds is 13. The van der Waals surface area contributed by atoms with Crippen molar-refractivity contribution in [1.82, 2.24) is 0 Å². The van der Waals surface area contributed by atoms with E-state index in [1.165, 1.54) is 12.7 Å². The number of carbonyl (C=O) groups excluding carboxylic acids is 1. The SMILES string of the molecule is CC#CCC/C=C(\C)CC/C=C(\CC/C=C(\C)CCCC(=O)O)C(=O)OC. The van der Waals surface area contributed by atoms with Crippen molar-refractivity contribution >= 4 is 11.9 Å². The summed E-state index contributed by atoms with van der Waals surface area (Å²) in [5.41, 5.74) is 3.17. The van der Waals surface area contributed by atoms with Crippen LogP contribution < -0.4 is 0 Å². The summed E-state index contributed by atoms with van der Waals surface area (Å²) < 4.78 is 4.89. The lowest BCUT2D eigenvalue weighted by Crippen LogP contribution is -2.04. The van der Waals surface area contributed by atoms with Crippen LogP contribution in [-0.2, 0) is 14.3 Å². The summed E-state index contributed by atoms with van der Waals surface area (Å²) in [4.78, 5) is 22.5. The number of ether oxygens (including phenoxy) is 1. The Morgan fingerprint density at radius 3 is 2.19 bits per heavy atom. The normalized spacial score (nSPS) is 12.4. The van der Waals surface area contributed by atoms with Gasteiger partial charge in [0.05, 0.1) is 7.11 Å². The number of allylic oxidation sites excluding steroid dienone is 5. The summed E-state index contributed by atoms with van der Waals surface area (Å²) >= 11 is 0. The van der Waals surface area contributed by atoms with Gasteiger partial charge in [0.1, 0.15) is 0 Å². The van der Waals surface area contributed by atoms with Gasteiger partial charge in [-0.05, 0) is 65.7 Å². The number of carboxylic acids is 1. The van der Waals surface area contributed by atoms with Crippen molar-refractivity contribution in [3.8, 4) is 11.8 Å². The van der Waals surface area contributed by atoms with E-state index in [1.807, 2.05) is 19.9 Å². The molecule has 0 spiro atoms. The summed E-state index contributed by atoms with van der Waals surface area (Å²) in [6, 6.07) is 0. The zero-order chi connectivity index (χ0) is 20.5. The Morgan fingerprint density at radius 2 is 1.56 bits per heavy atom. The molecule has 0 heterocycles. The van der Waals surface area contributed by atoms with E-state index < -0.39 is 5.97 Å². The molecule has 0 saturated heterocycles. The van der Waals surface area contributed by atoms with Gasteiger partial charge in [-0.2, -0.15) is 0 Å². The molecule has 1 N–H and O–H groups in total. The van der Waals surface area contributed by atoms with Crippen LogP contribution in [0.1, 0.15) is 78.6 Å². The minimum absolute atomic E-state index is 0.191. The summed E-state index contributed by atoms with van der Waals surface area (Å²) in [6.07, 6.45) is 12.8. The highest BCUT2D eigenvalue weighted by molar-refractivity contribution is 5.88. The van der Waals surface area contributed by atoms with Gasteiger partial charge in [-0.15, -0.1) is 11.8 Å². The van der Waals surface area contributed by atoms with Gasteiger partial charge in [0, 0.05) is 18.4 Å². The minimum atomic E-state index is -0.763. The molecule has 0 fully saturated rings. The van der Waals surface area contributed by atoms with E-state index in [-0.39, 0.29) is 12.4 Å². The Morgan fingerprint density at radius 1 is 0.926 bits per heavy atom. The van der Waals surface area contributed by atoms with Crippen LogP contribution in [-0.4, -0.2) is 24.2 Å². The molecule has 0 unspecified atom stereocenters. The average molecular weight is 375 g/mol. The third-order valence-corrected chi connectivity index (χ3v) is 4.18. The molecule has 0 aliphatic rings. The number of unbranched alkanes of at least 4 members (excludes halogenated alkanes) is 1. The first-order valence-corrected chi connectivity index (χ1v) is 9.60. The molecule has 0 rings (SSSR count). The van der Waals surface area contributed by atoms with Gasteiger partial charge in [0.15, 0.2) is 0 Å². The van der Waals surface area contributed by atoms with E-state index in [4.69, 9.17) is 9.84 Å². The predicted octanol–water partition coefficient (Wildman–Crippen LogP) is 5.60. The second-order valence-corrected chi connectivity index (χ2v) is 6.61. The van der Waals surface area contributed by atoms with Crippen LogP contribution in [0.3, 0.4) is 0 Å². The first kappa shape index (κ1) is 24.7. The summed E-state index contributed by atoms with van der Waals surface area (Å²) in [5.74, 6) is 4.91. The third-order valence-electron chi connectivity index (χ3n) is 4.18. The molecule has 0 aliphatic carbocycles. The van der Waals surface area contributed by atoms with Gasteiger partial charge in [-0.3, -0.25) is 4.79 Å². The molecule has 0 aromatic heterocycles. The summed E-state index contributed by atoms with van der Waals surface area (Å²) in [5, 5.41) is 8.67. The average Bonchev–Trinajstić information content (AvgIpc) is 2.63. The molecule has 0 radical (unpaired) electrons. The van der Waals surface area contributed by atoms with Crippen molar-refractivity contribution in [2.24, 2.45) is 0 Å². The number of carbonyl (C=O) groups is 2. The Balaban J connectivity index is 4.48. The molecule has 150 valence electrons. The Labute approximate surface area is 164 Å². The predicted molar refractivity (Wildman–Crippen MR) is 110 cm³/mol. The molecular formula is C23H34O4. The second-order valence-electron chi connectivity index (χ2n) is 6.61. The first-order valence-electron chi connectivity index (χ1n) is 9.60. The molecule has 4 heteroatoms. The Bertz CT molecular complexity index is 612. The maximum Gasteiger partial charge on any atom is 0.333 e. The quantitative estimate of drug-likeness (QED) is 0.150. The Kier molecular flexibility index (Phi) is 14.6.